The standard InChI is InChI=1S/C7H11NO3/c8-5(10)11-7-1-6(2-7,3-7)4-9/h9H,1-4H2,(H2,8,10). The van der Waals surface area contributed by atoms with Crippen molar-refractivity contribution in [3.05, 3.63) is 0 Å². The number of aliphatic hydroxyl groups is 1. The van der Waals surface area contributed by atoms with E-state index in [4.69, 9.17) is 15.6 Å². The second kappa shape index (κ2) is 1.69. The number of ether oxygens (including phenoxy) is 1. The van der Waals surface area contributed by atoms with E-state index in [0.717, 1.165) is 19.3 Å². The van der Waals surface area contributed by atoms with E-state index >= 15 is 0 Å². The van der Waals surface area contributed by atoms with Gasteiger partial charge in [-0.1, -0.05) is 0 Å². The van der Waals surface area contributed by atoms with Crippen LogP contribution in [0.15, 0.2) is 0 Å². The van der Waals surface area contributed by atoms with Crippen LogP contribution in [0.25, 0.3) is 0 Å². The van der Waals surface area contributed by atoms with Crippen LogP contribution in [0.5, 0.6) is 0 Å². The third-order valence-electron chi connectivity index (χ3n) is 2.74. The second-order valence-corrected chi connectivity index (χ2v) is 3.79. The van der Waals surface area contributed by atoms with Gasteiger partial charge in [0.25, 0.3) is 0 Å². The zero-order valence-electron chi connectivity index (χ0n) is 6.17. The molecule has 3 fully saturated rings. The van der Waals surface area contributed by atoms with Crippen LogP contribution in [0.2, 0.25) is 0 Å². The summed E-state index contributed by atoms with van der Waals surface area (Å²) in [7, 11) is 0. The summed E-state index contributed by atoms with van der Waals surface area (Å²) < 4.78 is 4.89. The molecule has 0 spiro atoms. The maximum Gasteiger partial charge on any atom is 0.405 e. The Morgan fingerprint density at radius 3 is 2.45 bits per heavy atom. The number of primary amides is 1. The minimum Gasteiger partial charge on any atom is -0.443 e. The van der Waals surface area contributed by atoms with E-state index in [-0.39, 0.29) is 17.6 Å². The van der Waals surface area contributed by atoms with Crippen molar-refractivity contribution in [2.75, 3.05) is 6.61 Å². The second-order valence-electron chi connectivity index (χ2n) is 3.79. The van der Waals surface area contributed by atoms with Crippen LogP contribution >= 0.6 is 0 Å². The lowest BCUT2D eigenvalue weighted by Gasteiger charge is -2.68. The Morgan fingerprint density at radius 1 is 1.55 bits per heavy atom. The fourth-order valence-electron chi connectivity index (χ4n) is 2.38. The number of aliphatic hydroxyl groups excluding tert-OH is 1. The molecule has 3 aliphatic rings. The van der Waals surface area contributed by atoms with Gasteiger partial charge in [0.2, 0.25) is 0 Å². The largest absolute Gasteiger partial charge is 0.443 e. The summed E-state index contributed by atoms with van der Waals surface area (Å²) in [6.45, 7) is 0.205. The van der Waals surface area contributed by atoms with E-state index in [1.54, 1.807) is 0 Å². The van der Waals surface area contributed by atoms with E-state index in [0.29, 0.717) is 0 Å². The van der Waals surface area contributed by atoms with Crippen LogP contribution in [-0.2, 0) is 4.74 Å². The van der Waals surface area contributed by atoms with Crippen molar-refractivity contribution in [1.82, 2.24) is 0 Å². The van der Waals surface area contributed by atoms with Crippen LogP contribution in [0.1, 0.15) is 19.3 Å². The fraction of sp³-hybridized carbons (Fsp3) is 0.857. The molecule has 3 aliphatic carbocycles. The Kier molecular flexibility index (Phi) is 1.06. The van der Waals surface area contributed by atoms with Gasteiger partial charge in [0, 0.05) is 12.0 Å². The van der Waals surface area contributed by atoms with Crippen LogP contribution in [-0.4, -0.2) is 23.4 Å². The van der Waals surface area contributed by atoms with Crippen LogP contribution in [0.3, 0.4) is 0 Å². The molecular formula is C7H11NO3. The Balaban J connectivity index is 1.89. The number of hydrogen-bond acceptors (Lipinski definition) is 3. The molecule has 4 heteroatoms. The number of hydrogen-bond donors (Lipinski definition) is 2. The third kappa shape index (κ3) is 0.758. The molecule has 2 bridgehead atoms. The molecule has 0 aliphatic heterocycles. The summed E-state index contributed by atoms with van der Waals surface area (Å²) in [5.41, 5.74) is 4.67. The summed E-state index contributed by atoms with van der Waals surface area (Å²) in [6, 6.07) is 0. The summed E-state index contributed by atoms with van der Waals surface area (Å²) in [5, 5.41) is 8.86. The number of carbonyl (C=O) groups excluding carboxylic acids is 1. The third-order valence-corrected chi connectivity index (χ3v) is 2.74. The predicted molar refractivity (Wildman–Crippen MR) is 36.8 cm³/mol. The molecule has 62 valence electrons. The zero-order chi connectivity index (χ0) is 8.11. The molecule has 0 unspecified atom stereocenters. The van der Waals surface area contributed by atoms with Gasteiger partial charge in [0.1, 0.15) is 5.60 Å². The van der Waals surface area contributed by atoms with Crippen molar-refractivity contribution in [3.8, 4) is 0 Å². The van der Waals surface area contributed by atoms with Crippen molar-refractivity contribution in [3.63, 3.8) is 0 Å². The van der Waals surface area contributed by atoms with Gasteiger partial charge in [0.15, 0.2) is 0 Å². The molecule has 0 saturated heterocycles. The summed E-state index contributed by atoms with van der Waals surface area (Å²) in [4.78, 5) is 10.4. The van der Waals surface area contributed by atoms with Gasteiger partial charge in [-0.2, -0.15) is 0 Å². The van der Waals surface area contributed by atoms with E-state index in [1.807, 2.05) is 0 Å². The molecule has 1 amide bonds. The molecule has 0 radical (unpaired) electrons. The minimum atomic E-state index is -0.698. The Labute approximate surface area is 64.3 Å². The summed E-state index contributed by atoms with van der Waals surface area (Å²) >= 11 is 0. The number of carbonyl (C=O) groups is 1. The predicted octanol–water partition coefficient (Wildman–Crippen LogP) is -0.00330. The maximum absolute atomic E-state index is 10.4. The van der Waals surface area contributed by atoms with Crippen LogP contribution in [0.4, 0.5) is 4.79 Å². The molecule has 0 aromatic rings. The average Bonchev–Trinajstić information content (AvgIpc) is 1.74. The molecule has 0 aromatic heterocycles. The molecule has 0 aromatic carbocycles. The number of amides is 1. The lowest BCUT2D eigenvalue weighted by Crippen LogP contribution is -2.70. The molecule has 0 heterocycles. The van der Waals surface area contributed by atoms with Crippen LogP contribution < -0.4 is 5.73 Å². The Bertz CT molecular complexity index is 194. The monoisotopic (exact) mass is 157 g/mol. The summed E-state index contributed by atoms with van der Waals surface area (Å²) in [6.07, 6.45) is 1.68. The normalized spacial score (nSPS) is 45.5. The summed E-state index contributed by atoms with van der Waals surface area (Å²) in [5.74, 6) is 0. The Hall–Kier alpha value is -0.770. The first-order valence-electron chi connectivity index (χ1n) is 3.69. The van der Waals surface area contributed by atoms with Crippen molar-refractivity contribution < 1.29 is 14.6 Å². The highest BCUT2D eigenvalue weighted by molar-refractivity contribution is 5.66. The number of nitrogens with two attached hydrogens (primary N) is 1. The average molecular weight is 157 g/mol. The zero-order valence-corrected chi connectivity index (χ0v) is 6.17. The lowest BCUT2D eigenvalue weighted by molar-refractivity contribution is -0.268. The van der Waals surface area contributed by atoms with E-state index in [1.165, 1.54) is 0 Å². The smallest absolute Gasteiger partial charge is 0.405 e. The van der Waals surface area contributed by atoms with Crippen molar-refractivity contribution in [2.45, 2.75) is 24.9 Å². The first kappa shape index (κ1) is 6.91. The molecule has 3 saturated carbocycles. The first-order valence-corrected chi connectivity index (χ1v) is 3.69. The Morgan fingerprint density at radius 2 is 2.09 bits per heavy atom. The van der Waals surface area contributed by atoms with Crippen LogP contribution in [0, 0.1) is 5.41 Å². The molecule has 4 nitrogen and oxygen atoms in total. The quantitative estimate of drug-likeness (QED) is 0.592. The van der Waals surface area contributed by atoms with E-state index < -0.39 is 6.09 Å². The minimum absolute atomic E-state index is 0.0788. The SMILES string of the molecule is NC(=O)OC12CC(CO)(C1)C2. The van der Waals surface area contributed by atoms with E-state index in [2.05, 4.69) is 0 Å². The molecule has 11 heavy (non-hydrogen) atoms. The highest BCUT2D eigenvalue weighted by Crippen LogP contribution is 2.68. The van der Waals surface area contributed by atoms with Gasteiger partial charge in [-0.25, -0.2) is 4.79 Å². The first-order chi connectivity index (χ1) is 5.10. The van der Waals surface area contributed by atoms with Gasteiger partial charge in [-0.05, 0) is 19.3 Å². The fourth-order valence-corrected chi connectivity index (χ4v) is 2.38. The van der Waals surface area contributed by atoms with Gasteiger partial charge in [-0.15, -0.1) is 0 Å². The van der Waals surface area contributed by atoms with Crippen molar-refractivity contribution in [1.29, 1.82) is 0 Å². The highest BCUT2D eigenvalue weighted by atomic mass is 16.6. The molecule has 3 rings (SSSR count). The lowest BCUT2D eigenvalue weighted by atomic mass is 9.41. The highest BCUT2D eigenvalue weighted by Gasteiger charge is 2.70. The van der Waals surface area contributed by atoms with Gasteiger partial charge < -0.3 is 15.6 Å². The van der Waals surface area contributed by atoms with Crippen molar-refractivity contribution in [2.24, 2.45) is 11.1 Å². The van der Waals surface area contributed by atoms with Gasteiger partial charge in [-0.3, -0.25) is 0 Å². The number of rotatable bonds is 2. The van der Waals surface area contributed by atoms with E-state index in [9.17, 15) is 4.79 Å². The topological polar surface area (TPSA) is 72.6 Å². The molecule has 3 N–H and O–H groups in total. The van der Waals surface area contributed by atoms with Gasteiger partial charge in [0.05, 0.1) is 0 Å². The molecule has 0 atom stereocenters. The maximum atomic E-state index is 10.4. The molecular weight excluding hydrogens is 146 g/mol. The van der Waals surface area contributed by atoms with Gasteiger partial charge >= 0.3 is 6.09 Å². The van der Waals surface area contributed by atoms with Crippen molar-refractivity contribution >= 4 is 6.09 Å².